The van der Waals surface area contributed by atoms with Crippen molar-refractivity contribution in [3.8, 4) is 0 Å². The van der Waals surface area contributed by atoms with E-state index in [-0.39, 0.29) is 22.2 Å². The van der Waals surface area contributed by atoms with Gasteiger partial charge in [0, 0.05) is 23.7 Å². The molecule has 2 aromatic rings. The molecule has 0 saturated carbocycles. The molecule has 26 heavy (non-hydrogen) atoms. The van der Waals surface area contributed by atoms with Gasteiger partial charge in [0.15, 0.2) is 5.78 Å². The van der Waals surface area contributed by atoms with Crippen molar-refractivity contribution in [1.82, 2.24) is 0 Å². The maximum atomic E-state index is 12.9. The zero-order valence-corrected chi connectivity index (χ0v) is 15.0. The van der Waals surface area contributed by atoms with Crippen LogP contribution in [0.25, 0.3) is 0 Å². The molecule has 4 nitrogen and oxygen atoms in total. The van der Waals surface area contributed by atoms with E-state index < -0.39 is 0 Å². The van der Waals surface area contributed by atoms with Crippen LogP contribution in [0.1, 0.15) is 27.6 Å². The lowest BCUT2D eigenvalue weighted by Gasteiger charge is -2.29. The summed E-state index contributed by atoms with van der Waals surface area (Å²) < 4.78 is 0. The van der Waals surface area contributed by atoms with Crippen molar-refractivity contribution in [2.75, 3.05) is 11.9 Å². The average molecular weight is 363 g/mol. The molecule has 4 rings (SSSR count). The number of halogens is 1. The predicted octanol–water partition coefficient (Wildman–Crippen LogP) is 4.68. The number of aliphatic imine (C=N–C) groups is 1. The van der Waals surface area contributed by atoms with Crippen molar-refractivity contribution >= 4 is 40.3 Å². The second-order valence-corrected chi connectivity index (χ2v) is 6.58. The first-order chi connectivity index (χ1) is 12.5. The van der Waals surface area contributed by atoms with Gasteiger partial charge in [-0.2, -0.15) is 0 Å². The highest BCUT2D eigenvalue weighted by Crippen LogP contribution is 2.36. The van der Waals surface area contributed by atoms with Gasteiger partial charge in [0.05, 0.1) is 27.8 Å². The third kappa shape index (κ3) is 2.42. The van der Waals surface area contributed by atoms with Crippen LogP contribution in [0, 0.1) is 0 Å². The Balaban J connectivity index is 1.86. The topological polar surface area (TPSA) is 49.7 Å². The summed E-state index contributed by atoms with van der Waals surface area (Å²) in [5, 5.41) is -0.0544. The minimum atomic E-state index is -0.331. The van der Waals surface area contributed by atoms with Gasteiger partial charge < -0.3 is 4.90 Å². The second kappa shape index (κ2) is 6.07. The number of ketones is 2. The molecule has 1 aliphatic heterocycles. The lowest BCUT2D eigenvalue weighted by molar-refractivity contribution is 0.0983. The van der Waals surface area contributed by atoms with Gasteiger partial charge >= 0.3 is 0 Å². The molecule has 0 atom stereocenters. The molecule has 5 heteroatoms. The number of carbonyl (C=O) groups excluding carboxylic acids is 2. The Bertz CT molecular complexity index is 1060. The Labute approximate surface area is 156 Å². The second-order valence-electron chi connectivity index (χ2n) is 6.21. The standard InChI is InChI=1S/C21H15ClN2O2/c1-12-18(24(2)17-10-6-5-9-16(17)23-12)11-15-19(22)21(26)14-8-4-3-7-13(14)20(15)25/h3-11H,1-2H3/b18-11+. The number of rotatable bonds is 1. The number of nitrogens with zero attached hydrogens (tertiary/aromatic N) is 2. The number of benzene rings is 2. The van der Waals surface area contributed by atoms with E-state index in [0.29, 0.717) is 11.1 Å². The quantitative estimate of drug-likeness (QED) is 0.739. The van der Waals surface area contributed by atoms with Gasteiger partial charge in [-0.05, 0) is 25.1 Å². The van der Waals surface area contributed by atoms with Gasteiger partial charge in [0.25, 0.3) is 0 Å². The van der Waals surface area contributed by atoms with Crippen LogP contribution in [-0.4, -0.2) is 24.3 Å². The Morgan fingerprint density at radius 1 is 0.962 bits per heavy atom. The highest BCUT2D eigenvalue weighted by Gasteiger charge is 2.31. The Kier molecular flexibility index (Phi) is 3.85. The minimum Gasteiger partial charge on any atom is -0.341 e. The Morgan fingerprint density at radius 3 is 2.31 bits per heavy atom. The van der Waals surface area contributed by atoms with Gasteiger partial charge in [0.1, 0.15) is 0 Å². The third-order valence-electron chi connectivity index (χ3n) is 4.64. The minimum absolute atomic E-state index is 0.0544. The molecule has 128 valence electrons. The van der Waals surface area contributed by atoms with Crippen LogP contribution in [0.15, 0.2) is 75.9 Å². The number of hydrogen-bond donors (Lipinski definition) is 0. The van der Waals surface area contributed by atoms with Crippen LogP contribution in [0.5, 0.6) is 0 Å². The molecule has 0 aromatic heterocycles. The lowest BCUT2D eigenvalue weighted by atomic mass is 9.88. The fourth-order valence-corrected chi connectivity index (χ4v) is 3.53. The van der Waals surface area contributed by atoms with E-state index in [2.05, 4.69) is 4.99 Å². The highest BCUT2D eigenvalue weighted by molar-refractivity contribution is 6.50. The monoisotopic (exact) mass is 362 g/mol. The Hall–Kier alpha value is -2.98. The average Bonchev–Trinajstić information content (AvgIpc) is 2.65. The zero-order valence-electron chi connectivity index (χ0n) is 14.3. The Morgan fingerprint density at radius 2 is 1.58 bits per heavy atom. The van der Waals surface area contributed by atoms with Crippen molar-refractivity contribution in [3.63, 3.8) is 0 Å². The van der Waals surface area contributed by atoms with Crippen LogP contribution in [0.4, 0.5) is 11.4 Å². The molecule has 0 unspecified atom stereocenters. The van der Waals surface area contributed by atoms with E-state index in [1.807, 2.05) is 43.1 Å². The number of carbonyl (C=O) groups is 2. The first-order valence-corrected chi connectivity index (χ1v) is 8.55. The zero-order chi connectivity index (χ0) is 18.4. The fraction of sp³-hybridized carbons (Fsp3) is 0.0952. The van der Waals surface area contributed by atoms with Gasteiger partial charge in [0.2, 0.25) is 5.78 Å². The van der Waals surface area contributed by atoms with Gasteiger partial charge in [-0.15, -0.1) is 0 Å². The van der Waals surface area contributed by atoms with Crippen molar-refractivity contribution in [1.29, 1.82) is 0 Å². The molecule has 0 bridgehead atoms. The largest absolute Gasteiger partial charge is 0.341 e. The maximum absolute atomic E-state index is 12.9. The van der Waals surface area contributed by atoms with E-state index in [9.17, 15) is 9.59 Å². The first-order valence-electron chi connectivity index (χ1n) is 8.17. The van der Waals surface area contributed by atoms with Crippen LogP contribution in [-0.2, 0) is 0 Å². The molecular weight excluding hydrogens is 348 g/mol. The van der Waals surface area contributed by atoms with Gasteiger partial charge in [-0.25, -0.2) is 4.99 Å². The van der Waals surface area contributed by atoms with E-state index >= 15 is 0 Å². The van der Waals surface area contributed by atoms with Crippen molar-refractivity contribution in [3.05, 3.63) is 82.0 Å². The summed E-state index contributed by atoms with van der Waals surface area (Å²) in [5.41, 5.74) is 4.20. The molecule has 1 heterocycles. The molecule has 2 aliphatic rings. The summed E-state index contributed by atoms with van der Waals surface area (Å²) in [6.45, 7) is 1.87. The summed E-state index contributed by atoms with van der Waals surface area (Å²) in [7, 11) is 1.90. The first kappa shape index (κ1) is 16.5. The summed E-state index contributed by atoms with van der Waals surface area (Å²) in [6.07, 6.45) is 1.66. The maximum Gasteiger partial charge on any atom is 0.205 e. The van der Waals surface area contributed by atoms with E-state index in [4.69, 9.17) is 11.6 Å². The normalized spacial score (nSPS) is 18.0. The molecule has 0 saturated heterocycles. The summed E-state index contributed by atoms with van der Waals surface area (Å²) in [4.78, 5) is 32.0. The summed E-state index contributed by atoms with van der Waals surface area (Å²) in [6, 6.07) is 14.5. The van der Waals surface area contributed by atoms with Crippen molar-refractivity contribution in [2.45, 2.75) is 6.92 Å². The molecule has 0 amide bonds. The lowest BCUT2D eigenvalue weighted by Crippen LogP contribution is -2.26. The van der Waals surface area contributed by atoms with Gasteiger partial charge in [-0.3, -0.25) is 9.59 Å². The smallest absolute Gasteiger partial charge is 0.205 e. The highest BCUT2D eigenvalue weighted by atomic mass is 35.5. The molecule has 0 radical (unpaired) electrons. The van der Waals surface area contributed by atoms with Crippen LogP contribution >= 0.6 is 11.6 Å². The van der Waals surface area contributed by atoms with Gasteiger partial charge in [-0.1, -0.05) is 48.0 Å². The molecule has 2 aromatic carbocycles. The van der Waals surface area contributed by atoms with E-state index in [0.717, 1.165) is 22.8 Å². The molecule has 1 aliphatic carbocycles. The molecule has 0 spiro atoms. The number of hydrogen-bond acceptors (Lipinski definition) is 4. The molecular formula is C21H15ClN2O2. The van der Waals surface area contributed by atoms with Crippen LogP contribution in [0.3, 0.4) is 0 Å². The molecule has 0 fully saturated rings. The third-order valence-corrected chi connectivity index (χ3v) is 5.02. The number of anilines is 1. The number of fused-ring (bicyclic) bond motifs is 2. The molecule has 0 N–H and O–H groups in total. The van der Waals surface area contributed by atoms with E-state index in [1.165, 1.54) is 0 Å². The summed E-state index contributed by atoms with van der Waals surface area (Å²) >= 11 is 6.28. The van der Waals surface area contributed by atoms with Crippen LogP contribution in [0.2, 0.25) is 0 Å². The SMILES string of the molecule is CC1=Nc2ccccc2N(C)/C1=C/C1=C(Cl)C(=O)c2ccccc2C1=O. The van der Waals surface area contributed by atoms with Crippen LogP contribution < -0.4 is 4.90 Å². The number of para-hydroxylation sites is 2. The van der Waals surface area contributed by atoms with Crippen molar-refractivity contribution < 1.29 is 9.59 Å². The van der Waals surface area contributed by atoms with E-state index in [1.54, 1.807) is 30.3 Å². The fourth-order valence-electron chi connectivity index (χ4n) is 3.28. The summed E-state index contributed by atoms with van der Waals surface area (Å²) in [5.74, 6) is -0.583. The number of allylic oxidation sites excluding steroid dienone is 4. The predicted molar refractivity (Wildman–Crippen MR) is 104 cm³/mol. The van der Waals surface area contributed by atoms with Crippen molar-refractivity contribution in [2.24, 2.45) is 4.99 Å². The number of Topliss-reactive ketones (excluding diaryl/α,β-unsaturated/α-hetero) is 2.